The molecule has 0 saturated carbocycles. The first kappa shape index (κ1) is 11.1. The summed E-state index contributed by atoms with van der Waals surface area (Å²) in [6.45, 7) is 3.05. The summed E-state index contributed by atoms with van der Waals surface area (Å²) in [5.41, 5.74) is 1.40. The van der Waals surface area contributed by atoms with Gasteiger partial charge in [0.25, 0.3) is 0 Å². The van der Waals surface area contributed by atoms with Gasteiger partial charge in [-0.2, -0.15) is 0 Å². The standard InChI is InChI=1S/C12H15NS/c1-11(6-5-9-13-10-14)12-7-3-2-4-8-12/h2-4,7-8,11H,5-6,9H2,1H3. The Morgan fingerprint density at radius 1 is 1.36 bits per heavy atom. The summed E-state index contributed by atoms with van der Waals surface area (Å²) in [6.07, 6.45) is 2.24. The van der Waals surface area contributed by atoms with E-state index in [1.807, 2.05) is 6.07 Å². The van der Waals surface area contributed by atoms with Crippen molar-refractivity contribution in [3.8, 4) is 0 Å². The smallest absolute Gasteiger partial charge is 0.0584 e. The Morgan fingerprint density at radius 2 is 2.07 bits per heavy atom. The van der Waals surface area contributed by atoms with E-state index in [4.69, 9.17) is 0 Å². The molecule has 2 heteroatoms. The van der Waals surface area contributed by atoms with Crippen LogP contribution >= 0.6 is 12.2 Å². The highest BCUT2D eigenvalue weighted by Crippen LogP contribution is 2.19. The molecule has 0 amide bonds. The molecule has 0 spiro atoms. The first-order valence-corrected chi connectivity index (χ1v) is 5.34. The number of hydrogen-bond donors (Lipinski definition) is 0. The van der Waals surface area contributed by atoms with E-state index < -0.39 is 0 Å². The lowest BCUT2D eigenvalue weighted by Crippen LogP contribution is -1.94. The summed E-state index contributed by atoms with van der Waals surface area (Å²) < 4.78 is 0. The van der Waals surface area contributed by atoms with Crippen LogP contribution < -0.4 is 0 Å². The number of isothiocyanates is 1. The molecule has 0 saturated heterocycles. The van der Waals surface area contributed by atoms with Crippen molar-refractivity contribution in [2.75, 3.05) is 6.54 Å². The predicted molar refractivity (Wildman–Crippen MR) is 64.0 cm³/mol. The van der Waals surface area contributed by atoms with Gasteiger partial charge in [-0.3, -0.25) is 0 Å². The molecule has 1 aromatic carbocycles. The average molecular weight is 205 g/mol. The molecule has 1 atom stereocenters. The maximum absolute atomic E-state index is 4.51. The van der Waals surface area contributed by atoms with Crippen LogP contribution in [0.2, 0.25) is 0 Å². The minimum Gasteiger partial charge on any atom is -0.233 e. The second-order valence-corrected chi connectivity index (χ2v) is 3.61. The number of hydrogen-bond acceptors (Lipinski definition) is 2. The normalized spacial score (nSPS) is 11.8. The Balaban J connectivity index is 2.35. The van der Waals surface area contributed by atoms with E-state index in [0.717, 1.165) is 19.4 Å². The van der Waals surface area contributed by atoms with Crippen LogP contribution in [0, 0.1) is 0 Å². The van der Waals surface area contributed by atoms with Crippen molar-refractivity contribution in [1.82, 2.24) is 0 Å². The monoisotopic (exact) mass is 205 g/mol. The van der Waals surface area contributed by atoms with Gasteiger partial charge in [0.15, 0.2) is 0 Å². The van der Waals surface area contributed by atoms with E-state index in [-0.39, 0.29) is 0 Å². The van der Waals surface area contributed by atoms with E-state index in [9.17, 15) is 0 Å². The Hall–Kier alpha value is -0.980. The van der Waals surface area contributed by atoms with Gasteiger partial charge in [-0.25, -0.2) is 4.99 Å². The van der Waals surface area contributed by atoms with Gasteiger partial charge in [0, 0.05) is 6.54 Å². The molecule has 1 aromatic rings. The number of benzene rings is 1. The summed E-state index contributed by atoms with van der Waals surface area (Å²) >= 11 is 4.51. The molecule has 0 radical (unpaired) electrons. The topological polar surface area (TPSA) is 12.4 Å². The summed E-state index contributed by atoms with van der Waals surface area (Å²) in [5.74, 6) is 0.608. The Labute approximate surface area is 90.9 Å². The van der Waals surface area contributed by atoms with E-state index in [0.29, 0.717) is 5.92 Å². The third-order valence-electron chi connectivity index (χ3n) is 2.34. The summed E-state index contributed by atoms with van der Waals surface area (Å²) in [7, 11) is 0. The van der Waals surface area contributed by atoms with E-state index in [2.05, 4.69) is 53.6 Å². The fourth-order valence-corrected chi connectivity index (χ4v) is 1.56. The molecule has 0 heterocycles. The fourth-order valence-electron chi connectivity index (χ4n) is 1.47. The molecule has 0 aliphatic rings. The molecule has 14 heavy (non-hydrogen) atoms. The van der Waals surface area contributed by atoms with Crippen molar-refractivity contribution >= 4 is 17.4 Å². The van der Waals surface area contributed by atoms with Crippen molar-refractivity contribution in [2.45, 2.75) is 25.7 Å². The third kappa shape index (κ3) is 3.82. The zero-order chi connectivity index (χ0) is 10.2. The van der Waals surface area contributed by atoms with Gasteiger partial charge in [-0.05, 0) is 36.5 Å². The van der Waals surface area contributed by atoms with Crippen molar-refractivity contribution in [3.05, 3.63) is 35.9 Å². The number of thiocarbonyl (C=S) groups is 1. The Kier molecular flexibility index (Phi) is 5.13. The van der Waals surface area contributed by atoms with Crippen molar-refractivity contribution in [3.63, 3.8) is 0 Å². The van der Waals surface area contributed by atoms with Crippen LogP contribution in [0.5, 0.6) is 0 Å². The fraction of sp³-hybridized carbons (Fsp3) is 0.417. The first-order chi connectivity index (χ1) is 6.84. The van der Waals surface area contributed by atoms with Gasteiger partial charge in [0.2, 0.25) is 0 Å². The lowest BCUT2D eigenvalue weighted by atomic mass is 9.96. The van der Waals surface area contributed by atoms with E-state index >= 15 is 0 Å². The van der Waals surface area contributed by atoms with Crippen LogP contribution in [0.25, 0.3) is 0 Å². The van der Waals surface area contributed by atoms with Gasteiger partial charge in [0.05, 0.1) is 5.16 Å². The van der Waals surface area contributed by atoms with Gasteiger partial charge in [0.1, 0.15) is 0 Å². The number of nitrogens with zero attached hydrogens (tertiary/aromatic N) is 1. The molecule has 0 fully saturated rings. The highest BCUT2D eigenvalue weighted by Gasteiger charge is 2.03. The van der Waals surface area contributed by atoms with Crippen LogP contribution in [0.4, 0.5) is 0 Å². The maximum atomic E-state index is 4.51. The van der Waals surface area contributed by atoms with Crippen LogP contribution in [-0.4, -0.2) is 11.7 Å². The molecule has 0 N–H and O–H groups in total. The van der Waals surface area contributed by atoms with Gasteiger partial charge >= 0.3 is 0 Å². The molecule has 0 aliphatic carbocycles. The molecule has 0 aromatic heterocycles. The zero-order valence-electron chi connectivity index (χ0n) is 8.44. The first-order valence-electron chi connectivity index (χ1n) is 4.93. The molecule has 0 aliphatic heterocycles. The molecule has 1 rings (SSSR count). The van der Waals surface area contributed by atoms with Gasteiger partial charge in [-0.1, -0.05) is 37.3 Å². The lowest BCUT2D eigenvalue weighted by molar-refractivity contribution is 0.642. The molecule has 1 unspecified atom stereocenters. The average Bonchev–Trinajstić information content (AvgIpc) is 2.25. The third-order valence-corrected chi connectivity index (χ3v) is 2.47. The maximum Gasteiger partial charge on any atom is 0.0584 e. The highest BCUT2D eigenvalue weighted by atomic mass is 32.1. The van der Waals surface area contributed by atoms with Crippen LogP contribution in [-0.2, 0) is 0 Å². The second kappa shape index (κ2) is 6.47. The van der Waals surface area contributed by atoms with Crippen molar-refractivity contribution in [1.29, 1.82) is 0 Å². The van der Waals surface area contributed by atoms with Crippen molar-refractivity contribution in [2.24, 2.45) is 4.99 Å². The summed E-state index contributed by atoms with van der Waals surface area (Å²) in [6, 6.07) is 10.6. The molecular formula is C12H15NS. The largest absolute Gasteiger partial charge is 0.233 e. The van der Waals surface area contributed by atoms with E-state index in [1.54, 1.807) is 0 Å². The molecule has 74 valence electrons. The zero-order valence-corrected chi connectivity index (χ0v) is 9.26. The Bertz CT molecular complexity index is 301. The minimum atomic E-state index is 0.608. The van der Waals surface area contributed by atoms with E-state index in [1.165, 1.54) is 5.56 Å². The second-order valence-electron chi connectivity index (χ2n) is 3.43. The summed E-state index contributed by atoms with van der Waals surface area (Å²) in [5, 5.41) is 2.39. The molecule has 0 bridgehead atoms. The summed E-state index contributed by atoms with van der Waals surface area (Å²) in [4.78, 5) is 3.90. The number of rotatable bonds is 5. The molecular weight excluding hydrogens is 190 g/mol. The lowest BCUT2D eigenvalue weighted by Gasteiger charge is -2.09. The van der Waals surface area contributed by atoms with Crippen molar-refractivity contribution < 1.29 is 0 Å². The quantitative estimate of drug-likeness (QED) is 0.406. The number of aliphatic imine (C=N–C) groups is 1. The van der Waals surface area contributed by atoms with Crippen LogP contribution in [0.15, 0.2) is 35.3 Å². The predicted octanol–water partition coefficient (Wildman–Crippen LogP) is 3.67. The van der Waals surface area contributed by atoms with Gasteiger partial charge < -0.3 is 0 Å². The SMILES string of the molecule is CC(CCCN=C=S)c1ccccc1. The van der Waals surface area contributed by atoms with Gasteiger partial charge in [-0.15, -0.1) is 0 Å². The van der Waals surface area contributed by atoms with Crippen LogP contribution in [0.1, 0.15) is 31.2 Å². The Morgan fingerprint density at radius 3 is 2.71 bits per heavy atom. The highest BCUT2D eigenvalue weighted by molar-refractivity contribution is 7.78. The minimum absolute atomic E-state index is 0.608. The molecule has 1 nitrogen and oxygen atoms in total. The van der Waals surface area contributed by atoms with Crippen LogP contribution in [0.3, 0.4) is 0 Å².